The number of amides is 1. The zero-order valence-corrected chi connectivity index (χ0v) is 12.7. The minimum absolute atomic E-state index is 0.0264. The number of carbonyl (C=O) groups excluding carboxylic acids is 1. The van der Waals surface area contributed by atoms with Crippen molar-refractivity contribution in [1.29, 1.82) is 0 Å². The van der Waals surface area contributed by atoms with Crippen LogP contribution in [0.4, 0.5) is 0 Å². The van der Waals surface area contributed by atoms with Gasteiger partial charge in [0.05, 0.1) is 17.4 Å². The zero-order valence-electron chi connectivity index (χ0n) is 11.1. The van der Waals surface area contributed by atoms with Crippen LogP contribution in [0.5, 0.6) is 0 Å². The van der Waals surface area contributed by atoms with Crippen molar-refractivity contribution in [2.75, 3.05) is 13.1 Å². The van der Waals surface area contributed by atoms with Crippen LogP contribution in [-0.4, -0.2) is 39.9 Å². The summed E-state index contributed by atoms with van der Waals surface area (Å²) in [5.41, 5.74) is 8.03. The Hall–Kier alpha value is -1.40. The molecule has 0 bridgehead atoms. The smallest absolute Gasteiger partial charge is 0.256 e. The summed E-state index contributed by atoms with van der Waals surface area (Å²) in [7, 11) is 0. The van der Waals surface area contributed by atoms with Gasteiger partial charge in [0.25, 0.3) is 5.91 Å². The van der Waals surface area contributed by atoms with Crippen LogP contribution < -0.4 is 5.73 Å². The van der Waals surface area contributed by atoms with Crippen LogP contribution in [0.15, 0.2) is 22.9 Å². The SMILES string of the molecule is NCC1CCCCN1C(=O)c1cc(Br)cc2[nH]cnc12. The van der Waals surface area contributed by atoms with E-state index in [2.05, 4.69) is 25.9 Å². The summed E-state index contributed by atoms with van der Waals surface area (Å²) in [6, 6.07) is 3.91. The Morgan fingerprint density at radius 2 is 2.35 bits per heavy atom. The quantitative estimate of drug-likeness (QED) is 0.883. The number of likely N-dealkylation sites (tertiary alicyclic amines) is 1. The van der Waals surface area contributed by atoms with E-state index in [1.807, 2.05) is 17.0 Å². The minimum atomic E-state index is 0.0264. The minimum Gasteiger partial charge on any atom is -0.345 e. The van der Waals surface area contributed by atoms with Crippen molar-refractivity contribution >= 4 is 32.9 Å². The number of nitrogens with zero attached hydrogens (tertiary/aromatic N) is 2. The average Bonchev–Trinajstić information content (AvgIpc) is 2.93. The summed E-state index contributed by atoms with van der Waals surface area (Å²) < 4.78 is 0.874. The van der Waals surface area contributed by atoms with Crippen molar-refractivity contribution in [3.63, 3.8) is 0 Å². The lowest BCUT2D eigenvalue weighted by Gasteiger charge is -2.35. The average molecular weight is 337 g/mol. The standard InChI is InChI=1S/C14H17BrN4O/c15-9-5-11(13-12(6-9)17-8-18-13)14(20)19-4-2-1-3-10(19)7-16/h5-6,8,10H,1-4,7,16H2,(H,17,18). The molecule has 20 heavy (non-hydrogen) atoms. The molecule has 0 radical (unpaired) electrons. The normalized spacial score (nSPS) is 19.5. The third-order valence-electron chi connectivity index (χ3n) is 3.88. The molecule has 3 N–H and O–H groups in total. The third-order valence-corrected chi connectivity index (χ3v) is 4.34. The molecule has 2 heterocycles. The third kappa shape index (κ3) is 2.33. The van der Waals surface area contributed by atoms with E-state index in [4.69, 9.17) is 5.73 Å². The first-order valence-corrected chi connectivity index (χ1v) is 7.63. The second-order valence-electron chi connectivity index (χ2n) is 5.14. The van der Waals surface area contributed by atoms with Gasteiger partial charge in [-0.25, -0.2) is 4.98 Å². The number of nitrogens with two attached hydrogens (primary N) is 1. The molecule has 0 aliphatic carbocycles. The van der Waals surface area contributed by atoms with E-state index in [0.29, 0.717) is 12.1 Å². The first kappa shape index (κ1) is 13.6. The lowest BCUT2D eigenvalue weighted by Crippen LogP contribution is -2.47. The molecule has 1 aromatic carbocycles. The molecule has 0 saturated carbocycles. The summed E-state index contributed by atoms with van der Waals surface area (Å²) in [5.74, 6) is 0.0264. The number of H-pyrrole nitrogens is 1. The number of benzene rings is 1. The van der Waals surface area contributed by atoms with E-state index in [-0.39, 0.29) is 11.9 Å². The first-order valence-electron chi connectivity index (χ1n) is 6.84. The number of hydrogen-bond acceptors (Lipinski definition) is 3. The van der Waals surface area contributed by atoms with Crippen molar-refractivity contribution in [2.45, 2.75) is 25.3 Å². The highest BCUT2D eigenvalue weighted by atomic mass is 79.9. The molecule has 5 nitrogen and oxygen atoms in total. The summed E-state index contributed by atoms with van der Waals surface area (Å²) in [6.45, 7) is 1.29. The molecule has 1 aliphatic rings. The van der Waals surface area contributed by atoms with Gasteiger partial charge in [0.15, 0.2) is 0 Å². The van der Waals surface area contributed by atoms with Gasteiger partial charge in [-0.1, -0.05) is 15.9 Å². The fourth-order valence-corrected chi connectivity index (χ4v) is 3.30. The lowest BCUT2D eigenvalue weighted by molar-refractivity contribution is 0.0625. The van der Waals surface area contributed by atoms with Crippen LogP contribution in [0.25, 0.3) is 11.0 Å². The van der Waals surface area contributed by atoms with E-state index < -0.39 is 0 Å². The van der Waals surface area contributed by atoms with Crippen molar-refractivity contribution in [3.05, 3.63) is 28.5 Å². The topological polar surface area (TPSA) is 75.0 Å². The number of aromatic amines is 1. The molecule has 2 aromatic rings. The fourth-order valence-electron chi connectivity index (χ4n) is 2.85. The molecule has 1 amide bonds. The molecule has 1 aliphatic heterocycles. The van der Waals surface area contributed by atoms with Crippen LogP contribution in [-0.2, 0) is 0 Å². The second kappa shape index (κ2) is 5.54. The van der Waals surface area contributed by atoms with E-state index in [1.54, 1.807) is 6.33 Å². The van der Waals surface area contributed by atoms with E-state index in [0.717, 1.165) is 41.3 Å². The monoisotopic (exact) mass is 336 g/mol. The number of aromatic nitrogens is 2. The summed E-state index contributed by atoms with van der Waals surface area (Å²) in [6.07, 6.45) is 4.78. The van der Waals surface area contributed by atoms with E-state index in [1.165, 1.54) is 0 Å². The maximum absolute atomic E-state index is 12.8. The molecule has 106 valence electrons. The Labute approximate surface area is 125 Å². The van der Waals surface area contributed by atoms with Crippen molar-refractivity contribution in [1.82, 2.24) is 14.9 Å². The maximum atomic E-state index is 12.8. The molecule has 1 fully saturated rings. The van der Waals surface area contributed by atoms with Crippen LogP contribution in [0.3, 0.4) is 0 Å². The number of rotatable bonds is 2. The maximum Gasteiger partial charge on any atom is 0.256 e. The number of nitrogens with one attached hydrogen (secondary N) is 1. The molecule has 1 saturated heterocycles. The molecule has 6 heteroatoms. The Morgan fingerprint density at radius 1 is 1.50 bits per heavy atom. The number of carbonyl (C=O) groups is 1. The number of piperidine rings is 1. The van der Waals surface area contributed by atoms with Crippen LogP contribution in [0.2, 0.25) is 0 Å². The van der Waals surface area contributed by atoms with Gasteiger partial charge >= 0.3 is 0 Å². The van der Waals surface area contributed by atoms with Crippen molar-refractivity contribution in [2.24, 2.45) is 5.73 Å². The summed E-state index contributed by atoms with van der Waals surface area (Å²) in [5, 5.41) is 0. The van der Waals surface area contributed by atoms with Gasteiger partial charge < -0.3 is 15.6 Å². The number of halogens is 1. The highest BCUT2D eigenvalue weighted by Crippen LogP contribution is 2.25. The van der Waals surface area contributed by atoms with Gasteiger partial charge in [-0.2, -0.15) is 0 Å². The Kier molecular flexibility index (Phi) is 3.76. The van der Waals surface area contributed by atoms with Crippen molar-refractivity contribution < 1.29 is 4.79 Å². The van der Waals surface area contributed by atoms with E-state index in [9.17, 15) is 4.79 Å². The fraction of sp³-hybridized carbons (Fsp3) is 0.429. The molecule has 3 rings (SSSR count). The molecule has 0 spiro atoms. The largest absolute Gasteiger partial charge is 0.345 e. The van der Waals surface area contributed by atoms with Crippen LogP contribution in [0.1, 0.15) is 29.6 Å². The van der Waals surface area contributed by atoms with Gasteiger partial charge in [-0.15, -0.1) is 0 Å². The predicted octanol–water partition coefficient (Wildman–Crippen LogP) is 2.28. The van der Waals surface area contributed by atoms with Crippen LogP contribution in [0, 0.1) is 0 Å². The molecule has 1 aromatic heterocycles. The Bertz CT molecular complexity index is 639. The Morgan fingerprint density at radius 3 is 3.15 bits per heavy atom. The van der Waals surface area contributed by atoms with E-state index >= 15 is 0 Å². The number of imidazole rings is 1. The van der Waals surface area contributed by atoms with Gasteiger partial charge in [0, 0.05) is 23.6 Å². The highest BCUT2D eigenvalue weighted by Gasteiger charge is 2.28. The van der Waals surface area contributed by atoms with Gasteiger partial charge in [-0.05, 0) is 31.4 Å². The highest BCUT2D eigenvalue weighted by molar-refractivity contribution is 9.10. The Balaban J connectivity index is 2.01. The second-order valence-corrected chi connectivity index (χ2v) is 6.05. The van der Waals surface area contributed by atoms with Gasteiger partial charge in [-0.3, -0.25) is 4.79 Å². The van der Waals surface area contributed by atoms with Crippen LogP contribution >= 0.6 is 15.9 Å². The van der Waals surface area contributed by atoms with Gasteiger partial charge in [0.1, 0.15) is 5.52 Å². The predicted molar refractivity (Wildman–Crippen MR) is 81.5 cm³/mol. The molecule has 1 unspecified atom stereocenters. The number of hydrogen-bond donors (Lipinski definition) is 2. The van der Waals surface area contributed by atoms with Gasteiger partial charge in [0.2, 0.25) is 0 Å². The molecule has 1 atom stereocenters. The zero-order chi connectivity index (χ0) is 14.1. The number of fused-ring (bicyclic) bond motifs is 1. The van der Waals surface area contributed by atoms with Crippen molar-refractivity contribution in [3.8, 4) is 0 Å². The first-order chi connectivity index (χ1) is 9.70. The summed E-state index contributed by atoms with van der Waals surface area (Å²) in [4.78, 5) is 22.0. The lowest BCUT2D eigenvalue weighted by atomic mass is 10.0. The summed E-state index contributed by atoms with van der Waals surface area (Å²) >= 11 is 3.45. The molecular weight excluding hydrogens is 320 g/mol. The molecular formula is C14H17BrN4O.